The van der Waals surface area contributed by atoms with Crippen molar-refractivity contribution in [2.75, 3.05) is 5.32 Å². The van der Waals surface area contributed by atoms with Gasteiger partial charge < -0.3 is 20.5 Å². The van der Waals surface area contributed by atoms with E-state index in [9.17, 15) is 28.9 Å². The number of nitrogens with zero attached hydrogens (tertiary/aromatic N) is 3. The zero-order valence-corrected chi connectivity index (χ0v) is 19.6. The number of rotatable bonds is 9. The summed E-state index contributed by atoms with van der Waals surface area (Å²) in [6, 6.07) is 4.10. The number of nitro groups is 1. The number of primary amides is 1. The van der Waals surface area contributed by atoms with Crippen LogP contribution in [0.5, 0.6) is 5.75 Å². The minimum Gasteiger partial charge on any atom is -0.464 e. The van der Waals surface area contributed by atoms with Gasteiger partial charge in [-0.15, -0.1) is 11.3 Å². The molecule has 1 aromatic carbocycles. The molecule has 184 valence electrons. The number of nitrogens with one attached hydrogen (secondary N) is 1. The Morgan fingerprint density at radius 2 is 2.03 bits per heavy atom. The highest BCUT2D eigenvalue weighted by Gasteiger charge is 2.27. The first-order valence-corrected chi connectivity index (χ1v) is 10.8. The number of carbonyl (C=O) groups excluding carboxylic acids is 3. The van der Waals surface area contributed by atoms with Gasteiger partial charge in [0.2, 0.25) is 5.75 Å². The van der Waals surface area contributed by atoms with E-state index in [4.69, 9.17) is 15.2 Å². The molecule has 3 N–H and O–H groups in total. The van der Waals surface area contributed by atoms with Gasteiger partial charge in [-0.25, -0.2) is 13.9 Å². The highest BCUT2D eigenvalue weighted by molar-refractivity contribution is 7.18. The fourth-order valence-electron chi connectivity index (χ4n) is 2.97. The molecular formula is C21H20FN5O7S. The highest BCUT2D eigenvalue weighted by atomic mass is 32.1. The van der Waals surface area contributed by atoms with Crippen LogP contribution in [0.4, 0.5) is 15.1 Å². The predicted octanol–water partition coefficient (Wildman–Crippen LogP) is 3.25. The third-order valence-corrected chi connectivity index (χ3v) is 5.71. The van der Waals surface area contributed by atoms with Crippen molar-refractivity contribution in [2.45, 2.75) is 33.6 Å². The van der Waals surface area contributed by atoms with E-state index < -0.39 is 40.3 Å². The first-order valence-electron chi connectivity index (χ1n) is 10.0. The van der Waals surface area contributed by atoms with Gasteiger partial charge in [0.25, 0.3) is 11.8 Å². The molecule has 12 nitrogen and oxygen atoms in total. The first-order chi connectivity index (χ1) is 16.5. The van der Waals surface area contributed by atoms with Crippen LogP contribution in [0.3, 0.4) is 0 Å². The molecule has 3 aromatic rings. The van der Waals surface area contributed by atoms with Crippen molar-refractivity contribution in [3.63, 3.8) is 0 Å². The van der Waals surface area contributed by atoms with Gasteiger partial charge in [0, 0.05) is 18.3 Å². The molecule has 0 bridgehead atoms. The molecule has 2 heterocycles. The van der Waals surface area contributed by atoms with Crippen molar-refractivity contribution in [2.24, 2.45) is 5.73 Å². The van der Waals surface area contributed by atoms with Crippen LogP contribution in [0.1, 0.15) is 49.9 Å². The van der Waals surface area contributed by atoms with Gasteiger partial charge in [-0.05, 0) is 38.5 Å². The van der Waals surface area contributed by atoms with Crippen molar-refractivity contribution in [1.82, 2.24) is 9.78 Å². The van der Waals surface area contributed by atoms with Crippen LogP contribution in [0.15, 0.2) is 30.5 Å². The molecule has 0 unspecified atom stereocenters. The molecule has 0 saturated heterocycles. The van der Waals surface area contributed by atoms with Gasteiger partial charge in [-0.2, -0.15) is 5.10 Å². The Bertz CT molecular complexity index is 1320. The number of aromatic nitrogens is 2. The fourth-order valence-corrected chi connectivity index (χ4v) is 4.01. The topological polar surface area (TPSA) is 169 Å². The number of hydrogen-bond donors (Lipinski definition) is 2. The van der Waals surface area contributed by atoms with E-state index in [0.29, 0.717) is 0 Å². The van der Waals surface area contributed by atoms with E-state index in [1.807, 2.05) is 0 Å². The third kappa shape index (κ3) is 5.78. The Morgan fingerprint density at radius 1 is 1.31 bits per heavy atom. The number of anilines is 1. The third-order valence-electron chi connectivity index (χ3n) is 4.49. The molecule has 0 atom stereocenters. The number of ether oxygens (including phenoxy) is 2. The minimum atomic E-state index is -0.764. The van der Waals surface area contributed by atoms with Gasteiger partial charge >= 0.3 is 11.7 Å². The van der Waals surface area contributed by atoms with E-state index in [-0.39, 0.29) is 39.2 Å². The second-order valence-corrected chi connectivity index (χ2v) is 8.44. The van der Waals surface area contributed by atoms with Crippen molar-refractivity contribution >= 4 is 39.8 Å². The number of hydrogen-bond acceptors (Lipinski definition) is 9. The summed E-state index contributed by atoms with van der Waals surface area (Å²) in [7, 11) is 0. The number of thiophene rings is 1. The molecule has 0 aliphatic heterocycles. The van der Waals surface area contributed by atoms with Crippen LogP contribution >= 0.6 is 11.3 Å². The zero-order valence-electron chi connectivity index (χ0n) is 18.7. The van der Waals surface area contributed by atoms with E-state index in [2.05, 4.69) is 10.4 Å². The van der Waals surface area contributed by atoms with Crippen LogP contribution < -0.4 is 15.8 Å². The maximum absolute atomic E-state index is 13.5. The Kier molecular flexibility index (Phi) is 7.44. The Hall–Kier alpha value is -4.33. The van der Waals surface area contributed by atoms with Crippen molar-refractivity contribution in [1.29, 1.82) is 0 Å². The van der Waals surface area contributed by atoms with Crippen LogP contribution in [0.2, 0.25) is 0 Å². The lowest BCUT2D eigenvalue weighted by Gasteiger charge is -2.10. The van der Waals surface area contributed by atoms with Crippen LogP contribution in [-0.4, -0.2) is 38.6 Å². The molecule has 3 rings (SSSR count). The lowest BCUT2D eigenvalue weighted by atomic mass is 10.1. The molecular weight excluding hydrogens is 485 g/mol. The molecule has 35 heavy (non-hydrogen) atoms. The van der Waals surface area contributed by atoms with E-state index in [0.717, 1.165) is 34.2 Å². The Labute approximate surface area is 201 Å². The number of esters is 1. The van der Waals surface area contributed by atoms with Crippen LogP contribution in [-0.2, 0) is 11.5 Å². The lowest BCUT2D eigenvalue weighted by molar-refractivity contribution is -0.386. The highest BCUT2D eigenvalue weighted by Crippen LogP contribution is 2.34. The summed E-state index contributed by atoms with van der Waals surface area (Å²) in [5.74, 6) is -3.24. The maximum atomic E-state index is 13.5. The van der Waals surface area contributed by atoms with Crippen molar-refractivity contribution in [3.8, 4) is 5.75 Å². The summed E-state index contributed by atoms with van der Waals surface area (Å²) in [6.45, 7) is 4.47. The smallest absolute Gasteiger partial charge is 0.341 e. The Morgan fingerprint density at radius 3 is 2.66 bits per heavy atom. The summed E-state index contributed by atoms with van der Waals surface area (Å²) in [6.07, 6.45) is 0.926. The molecule has 0 saturated carbocycles. The average molecular weight is 505 g/mol. The maximum Gasteiger partial charge on any atom is 0.341 e. The quantitative estimate of drug-likeness (QED) is 0.254. The summed E-state index contributed by atoms with van der Waals surface area (Å²) >= 11 is 0.827. The summed E-state index contributed by atoms with van der Waals surface area (Å²) in [5, 5.41) is 17.7. The predicted molar refractivity (Wildman–Crippen MR) is 122 cm³/mol. The summed E-state index contributed by atoms with van der Waals surface area (Å²) < 4.78 is 25.1. The van der Waals surface area contributed by atoms with Gasteiger partial charge in [0.15, 0.2) is 12.4 Å². The summed E-state index contributed by atoms with van der Waals surface area (Å²) in [5.41, 5.74) is 5.14. The van der Waals surface area contributed by atoms with E-state index in [1.165, 1.54) is 19.2 Å². The lowest BCUT2D eigenvalue weighted by Crippen LogP contribution is -2.18. The fraction of sp³-hybridized carbons (Fsp3) is 0.238. The van der Waals surface area contributed by atoms with Gasteiger partial charge in [0.05, 0.1) is 21.5 Å². The number of amides is 2. The normalized spacial score (nSPS) is 10.8. The summed E-state index contributed by atoms with van der Waals surface area (Å²) in [4.78, 5) is 47.5. The molecule has 0 radical (unpaired) electrons. The first kappa shape index (κ1) is 25.3. The average Bonchev–Trinajstić information content (AvgIpc) is 3.36. The number of nitro benzene ring substituents is 1. The second-order valence-electron chi connectivity index (χ2n) is 7.42. The number of halogens is 1. The molecule has 0 fully saturated rings. The van der Waals surface area contributed by atoms with Gasteiger partial charge in [-0.3, -0.25) is 19.7 Å². The van der Waals surface area contributed by atoms with E-state index >= 15 is 0 Å². The molecule has 0 aliphatic carbocycles. The molecule has 2 amide bonds. The number of benzene rings is 1. The van der Waals surface area contributed by atoms with Crippen LogP contribution in [0, 0.1) is 22.9 Å². The van der Waals surface area contributed by atoms with E-state index in [1.54, 1.807) is 13.8 Å². The SMILES string of the molecule is Cc1c(C(N)=O)sc(NC(=O)c2ccn(COc3cc(F)ccc3[N+](=O)[O-])n2)c1C(=O)OC(C)C. The molecule has 0 spiro atoms. The largest absolute Gasteiger partial charge is 0.464 e. The van der Waals surface area contributed by atoms with Crippen molar-refractivity contribution < 1.29 is 33.2 Å². The number of carbonyl (C=O) groups is 3. The van der Waals surface area contributed by atoms with Gasteiger partial charge in [-0.1, -0.05) is 0 Å². The monoisotopic (exact) mass is 505 g/mol. The standard InChI is InChI=1S/C21H20FN5O7S/c1-10(2)34-21(30)16-11(3)17(18(23)28)35-20(16)24-19(29)13-6-7-26(25-13)9-33-15-8-12(22)4-5-14(15)27(31)32/h4-8,10H,9H2,1-3H3,(H2,23,28)(H,24,29). The second kappa shape index (κ2) is 10.3. The van der Waals surface area contributed by atoms with Crippen molar-refractivity contribution in [3.05, 3.63) is 68.1 Å². The van der Waals surface area contributed by atoms with Gasteiger partial charge in [0.1, 0.15) is 10.8 Å². The Balaban J connectivity index is 1.78. The minimum absolute atomic E-state index is 0.00651. The molecule has 0 aliphatic rings. The zero-order chi connectivity index (χ0) is 25.9. The molecule has 14 heteroatoms. The van der Waals surface area contributed by atoms with Crippen LogP contribution in [0.25, 0.3) is 0 Å². The number of nitrogens with two attached hydrogens (primary N) is 1. The molecule has 2 aromatic heterocycles.